The quantitative estimate of drug-likeness (QED) is 0.733. The topological polar surface area (TPSA) is 117 Å². The zero-order valence-corrected chi connectivity index (χ0v) is 15.6. The van der Waals surface area contributed by atoms with E-state index >= 15 is 0 Å². The molecule has 1 N–H and O–H groups in total. The van der Waals surface area contributed by atoms with Crippen molar-refractivity contribution in [2.75, 3.05) is 25.1 Å². The molecule has 0 atom stereocenters. The van der Waals surface area contributed by atoms with Gasteiger partial charge in [-0.15, -0.1) is 0 Å². The molecule has 27 heavy (non-hydrogen) atoms. The monoisotopic (exact) mass is 390 g/mol. The lowest BCUT2D eigenvalue weighted by atomic mass is 10.1. The molecule has 8 nitrogen and oxygen atoms in total. The fraction of sp³-hybridized carbons (Fsp3) is 0.222. The molecule has 142 valence electrons. The molecular formula is C18H18N2O6S. The molecule has 0 saturated heterocycles. The molecule has 0 aliphatic carbocycles. The average molecular weight is 390 g/mol. The van der Waals surface area contributed by atoms with Gasteiger partial charge in [0, 0.05) is 6.07 Å². The van der Waals surface area contributed by atoms with Crippen LogP contribution in [-0.4, -0.2) is 40.3 Å². The molecule has 0 amide bonds. The normalized spacial score (nSPS) is 10.7. The number of rotatable bonds is 8. The maximum atomic E-state index is 13.1. The number of anilines is 1. The van der Waals surface area contributed by atoms with Crippen LogP contribution in [0.5, 0.6) is 11.5 Å². The van der Waals surface area contributed by atoms with Crippen molar-refractivity contribution in [2.45, 2.75) is 11.3 Å². The summed E-state index contributed by atoms with van der Waals surface area (Å²) in [4.78, 5) is 11.1. The summed E-state index contributed by atoms with van der Waals surface area (Å²) in [6.45, 7) is -0.756. The number of sulfonamides is 1. The van der Waals surface area contributed by atoms with Crippen molar-refractivity contribution < 1.29 is 27.8 Å². The molecule has 0 unspecified atom stereocenters. The maximum absolute atomic E-state index is 13.1. The average Bonchev–Trinajstić information content (AvgIpc) is 2.66. The van der Waals surface area contributed by atoms with Crippen LogP contribution in [0.3, 0.4) is 0 Å². The van der Waals surface area contributed by atoms with Crippen LogP contribution in [0.2, 0.25) is 0 Å². The van der Waals surface area contributed by atoms with Crippen molar-refractivity contribution in [2.24, 2.45) is 0 Å². The van der Waals surface area contributed by atoms with Gasteiger partial charge in [-0.1, -0.05) is 12.1 Å². The summed E-state index contributed by atoms with van der Waals surface area (Å²) >= 11 is 0. The molecule has 0 aliphatic rings. The molecule has 0 heterocycles. The van der Waals surface area contributed by atoms with E-state index < -0.39 is 22.5 Å². The van der Waals surface area contributed by atoms with Gasteiger partial charge in [0.05, 0.1) is 37.3 Å². The third-order valence-corrected chi connectivity index (χ3v) is 5.50. The third-order valence-electron chi connectivity index (χ3n) is 3.73. The van der Waals surface area contributed by atoms with Crippen LogP contribution < -0.4 is 13.8 Å². The van der Waals surface area contributed by atoms with Gasteiger partial charge >= 0.3 is 5.97 Å². The van der Waals surface area contributed by atoms with Crippen LogP contribution in [0.1, 0.15) is 5.56 Å². The second kappa shape index (κ2) is 8.42. The van der Waals surface area contributed by atoms with E-state index in [0.29, 0.717) is 11.3 Å². The second-order valence-electron chi connectivity index (χ2n) is 5.42. The summed E-state index contributed by atoms with van der Waals surface area (Å²) in [5, 5.41) is 17.9. The lowest BCUT2D eigenvalue weighted by Crippen LogP contribution is -2.35. The first-order valence-electron chi connectivity index (χ1n) is 7.76. The van der Waals surface area contributed by atoms with E-state index in [1.165, 1.54) is 44.6 Å². The van der Waals surface area contributed by atoms with Gasteiger partial charge in [-0.3, -0.25) is 9.10 Å². The first-order valence-corrected chi connectivity index (χ1v) is 9.20. The highest BCUT2D eigenvalue weighted by Crippen LogP contribution is 2.32. The number of nitriles is 1. The summed E-state index contributed by atoms with van der Waals surface area (Å²) in [5.74, 6) is -0.750. The number of aliphatic carboxylic acids is 1. The molecule has 0 bridgehead atoms. The largest absolute Gasteiger partial charge is 0.493 e. The lowest BCUT2D eigenvalue weighted by molar-refractivity contribution is -0.135. The third kappa shape index (κ3) is 4.48. The molecule has 0 aromatic heterocycles. The summed E-state index contributed by atoms with van der Waals surface area (Å²) in [7, 11) is -1.39. The molecule has 2 aromatic rings. The van der Waals surface area contributed by atoms with Crippen molar-refractivity contribution in [1.29, 1.82) is 5.26 Å². The fourth-order valence-corrected chi connectivity index (χ4v) is 3.84. The van der Waals surface area contributed by atoms with Gasteiger partial charge in [-0.05, 0) is 29.8 Å². The summed E-state index contributed by atoms with van der Waals surface area (Å²) < 4.78 is 37.1. The van der Waals surface area contributed by atoms with E-state index in [9.17, 15) is 18.3 Å². The van der Waals surface area contributed by atoms with Crippen molar-refractivity contribution in [3.8, 4) is 17.6 Å². The molecule has 0 radical (unpaired) electrons. The van der Waals surface area contributed by atoms with Gasteiger partial charge in [0.15, 0.2) is 11.5 Å². The highest BCUT2D eigenvalue weighted by atomic mass is 32.2. The first kappa shape index (κ1) is 20.1. The maximum Gasteiger partial charge on any atom is 0.324 e. The number of methoxy groups -OCH3 is 2. The minimum absolute atomic E-state index is 0.137. The van der Waals surface area contributed by atoms with Crippen molar-refractivity contribution in [3.63, 3.8) is 0 Å². The van der Waals surface area contributed by atoms with Crippen molar-refractivity contribution in [1.82, 2.24) is 0 Å². The minimum atomic E-state index is -4.18. The van der Waals surface area contributed by atoms with Crippen LogP contribution >= 0.6 is 0 Å². The number of carboxylic acids is 1. The smallest absolute Gasteiger partial charge is 0.324 e. The number of carbonyl (C=O) groups is 1. The molecule has 0 aliphatic heterocycles. The molecule has 0 saturated carbocycles. The Morgan fingerprint density at radius 2 is 1.74 bits per heavy atom. The Kier molecular flexibility index (Phi) is 6.26. The lowest BCUT2D eigenvalue weighted by Gasteiger charge is -2.23. The zero-order valence-electron chi connectivity index (χ0n) is 14.7. The number of ether oxygens (including phenoxy) is 2. The summed E-state index contributed by atoms with van der Waals surface area (Å²) in [6, 6.07) is 12.1. The molecule has 0 spiro atoms. The number of benzene rings is 2. The van der Waals surface area contributed by atoms with Gasteiger partial charge in [-0.2, -0.15) is 5.26 Å². The predicted octanol–water partition coefficient (Wildman–Crippen LogP) is 2.05. The van der Waals surface area contributed by atoms with Crippen LogP contribution in [0.4, 0.5) is 5.69 Å². The Morgan fingerprint density at radius 1 is 1.11 bits per heavy atom. The summed E-state index contributed by atoms with van der Waals surface area (Å²) in [6.07, 6.45) is 0.168. The van der Waals surface area contributed by atoms with Gasteiger partial charge < -0.3 is 14.6 Å². The Morgan fingerprint density at radius 3 is 2.26 bits per heavy atom. The Labute approximate surface area is 157 Å². The van der Waals surface area contributed by atoms with Gasteiger partial charge in [0.25, 0.3) is 10.0 Å². The van der Waals surface area contributed by atoms with E-state index in [0.717, 1.165) is 4.31 Å². The van der Waals surface area contributed by atoms with Crippen LogP contribution in [-0.2, 0) is 21.2 Å². The van der Waals surface area contributed by atoms with E-state index in [2.05, 4.69) is 0 Å². The van der Waals surface area contributed by atoms with E-state index in [1.807, 2.05) is 6.07 Å². The molecule has 2 rings (SSSR count). The highest BCUT2D eigenvalue weighted by Gasteiger charge is 2.28. The fourth-order valence-electron chi connectivity index (χ4n) is 2.41. The molecule has 2 aromatic carbocycles. The number of nitrogens with zero attached hydrogens (tertiary/aromatic N) is 2. The summed E-state index contributed by atoms with van der Waals surface area (Å²) in [5.41, 5.74) is 0.869. The van der Waals surface area contributed by atoms with Gasteiger partial charge in [0.1, 0.15) is 6.54 Å². The highest BCUT2D eigenvalue weighted by molar-refractivity contribution is 7.92. The SMILES string of the molecule is COc1ccc(S(=O)(=O)N(CC(=O)O)c2ccc(CC#N)cc2)cc1OC. The number of carboxylic acid groups (broad SMARTS) is 1. The van der Waals surface area contributed by atoms with Crippen LogP contribution in [0.15, 0.2) is 47.4 Å². The standard InChI is InChI=1S/C18H18N2O6S/c1-25-16-8-7-15(11-17(16)26-2)27(23,24)20(12-18(21)22)14-5-3-13(4-6-14)9-10-19/h3-8,11H,9,12H2,1-2H3,(H,21,22). The molecule has 0 fully saturated rings. The molecule has 9 heteroatoms. The van der Waals surface area contributed by atoms with E-state index in [-0.39, 0.29) is 22.8 Å². The van der Waals surface area contributed by atoms with E-state index in [4.69, 9.17) is 14.7 Å². The Balaban J connectivity index is 2.51. The number of hydrogen-bond donors (Lipinski definition) is 1. The first-order chi connectivity index (χ1) is 12.8. The predicted molar refractivity (Wildman–Crippen MR) is 97.5 cm³/mol. The van der Waals surface area contributed by atoms with Gasteiger partial charge in [0.2, 0.25) is 0 Å². The zero-order chi connectivity index (χ0) is 20.0. The van der Waals surface area contributed by atoms with Crippen molar-refractivity contribution >= 4 is 21.7 Å². The van der Waals surface area contributed by atoms with Crippen LogP contribution in [0.25, 0.3) is 0 Å². The molecular weight excluding hydrogens is 372 g/mol. The Hall–Kier alpha value is -3.25. The number of hydrogen-bond acceptors (Lipinski definition) is 6. The minimum Gasteiger partial charge on any atom is -0.493 e. The van der Waals surface area contributed by atoms with Gasteiger partial charge in [-0.25, -0.2) is 8.42 Å². The Bertz CT molecular complexity index is 964. The second-order valence-corrected chi connectivity index (χ2v) is 7.29. The van der Waals surface area contributed by atoms with Crippen molar-refractivity contribution in [3.05, 3.63) is 48.0 Å². The van der Waals surface area contributed by atoms with Crippen LogP contribution in [0, 0.1) is 11.3 Å². The van der Waals surface area contributed by atoms with E-state index in [1.54, 1.807) is 12.1 Å².